The number of anilines is 3. The Morgan fingerprint density at radius 3 is 2.62 bits per heavy atom. The number of nitrogens with one attached hydrogen (secondary N) is 2. The summed E-state index contributed by atoms with van der Waals surface area (Å²) in [5.74, 6) is 0.872. The van der Waals surface area contributed by atoms with Crippen molar-refractivity contribution < 1.29 is 4.79 Å². The highest BCUT2D eigenvalue weighted by molar-refractivity contribution is 5.93. The van der Waals surface area contributed by atoms with Gasteiger partial charge in [-0.25, -0.2) is 9.97 Å². The summed E-state index contributed by atoms with van der Waals surface area (Å²) in [6.45, 7) is 3.96. The van der Waals surface area contributed by atoms with Gasteiger partial charge in [0.25, 0.3) is 0 Å². The molecule has 2 aromatic heterocycles. The summed E-state index contributed by atoms with van der Waals surface area (Å²) in [7, 11) is 1.79. The van der Waals surface area contributed by atoms with Crippen molar-refractivity contribution in [3.8, 4) is 0 Å². The second-order valence-electron chi connectivity index (χ2n) is 5.59. The molecule has 6 nitrogen and oxygen atoms in total. The molecule has 1 aromatic carbocycles. The lowest BCUT2D eigenvalue weighted by Gasteiger charge is -2.17. The summed E-state index contributed by atoms with van der Waals surface area (Å²) in [6, 6.07) is 7.74. The van der Waals surface area contributed by atoms with Gasteiger partial charge in [0.05, 0.1) is 5.39 Å². The largest absolute Gasteiger partial charge is 0.346 e. The number of amides is 1. The van der Waals surface area contributed by atoms with Gasteiger partial charge in [0, 0.05) is 31.0 Å². The molecule has 3 aromatic rings. The van der Waals surface area contributed by atoms with E-state index in [4.69, 9.17) is 0 Å². The Bertz CT molecular complexity index is 853. The van der Waals surface area contributed by atoms with Crippen molar-refractivity contribution in [1.82, 2.24) is 15.0 Å². The van der Waals surface area contributed by atoms with Gasteiger partial charge in [0.1, 0.15) is 17.8 Å². The number of aromatic nitrogens is 3. The number of carbonyl (C=O) groups excluding carboxylic acids is 1. The lowest BCUT2D eigenvalue weighted by atomic mass is 10.2. The first-order valence-electron chi connectivity index (χ1n) is 8.08. The molecule has 0 atom stereocenters. The van der Waals surface area contributed by atoms with Crippen molar-refractivity contribution in [1.29, 1.82) is 0 Å². The first kappa shape index (κ1) is 16.0. The van der Waals surface area contributed by atoms with E-state index in [1.54, 1.807) is 18.3 Å². The molecule has 0 fully saturated rings. The summed E-state index contributed by atoms with van der Waals surface area (Å²) in [4.78, 5) is 25.2. The Hall–Kier alpha value is -2.89. The van der Waals surface area contributed by atoms with Crippen LogP contribution in [0.2, 0.25) is 0 Å². The van der Waals surface area contributed by atoms with E-state index in [2.05, 4.69) is 27.2 Å². The lowest BCUT2D eigenvalue weighted by Crippen LogP contribution is -2.24. The third kappa shape index (κ3) is 2.95. The van der Waals surface area contributed by atoms with Gasteiger partial charge < -0.3 is 15.2 Å². The van der Waals surface area contributed by atoms with Gasteiger partial charge in [-0.3, -0.25) is 4.79 Å². The van der Waals surface area contributed by atoms with E-state index in [1.807, 2.05) is 37.4 Å². The second kappa shape index (κ2) is 6.70. The molecule has 0 aliphatic rings. The zero-order valence-corrected chi connectivity index (χ0v) is 14.1. The van der Waals surface area contributed by atoms with Crippen LogP contribution < -0.4 is 10.2 Å². The zero-order chi connectivity index (χ0) is 17.1. The molecule has 0 spiro atoms. The second-order valence-corrected chi connectivity index (χ2v) is 5.59. The number of nitrogens with zero attached hydrogens (tertiary/aromatic N) is 3. The molecule has 0 aliphatic heterocycles. The van der Waals surface area contributed by atoms with Crippen LogP contribution in [-0.2, 0) is 11.2 Å². The summed E-state index contributed by atoms with van der Waals surface area (Å²) in [5, 5.41) is 4.36. The molecule has 0 saturated heterocycles. The van der Waals surface area contributed by atoms with Crippen LogP contribution in [0.15, 0.2) is 36.8 Å². The number of rotatable bonds is 5. The van der Waals surface area contributed by atoms with Gasteiger partial charge in [-0.2, -0.15) is 0 Å². The number of aromatic amines is 1. The first-order chi connectivity index (χ1) is 11.6. The van der Waals surface area contributed by atoms with Crippen molar-refractivity contribution in [2.75, 3.05) is 17.3 Å². The van der Waals surface area contributed by atoms with Crippen LogP contribution in [0.1, 0.15) is 25.8 Å². The molecule has 24 heavy (non-hydrogen) atoms. The predicted octanol–water partition coefficient (Wildman–Crippen LogP) is 3.64. The Morgan fingerprint density at radius 2 is 1.96 bits per heavy atom. The normalized spacial score (nSPS) is 10.8. The fourth-order valence-corrected chi connectivity index (χ4v) is 2.69. The van der Waals surface area contributed by atoms with Crippen molar-refractivity contribution in [3.05, 3.63) is 42.4 Å². The number of benzene rings is 1. The Morgan fingerprint density at radius 1 is 1.21 bits per heavy atom. The van der Waals surface area contributed by atoms with Gasteiger partial charge in [0.2, 0.25) is 5.91 Å². The fraction of sp³-hybridized carbons (Fsp3) is 0.278. The highest BCUT2D eigenvalue weighted by Crippen LogP contribution is 2.27. The Labute approximate surface area is 140 Å². The fourth-order valence-electron chi connectivity index (χ4n) is 2.69. The van der Waals surface area contributed by atoms with E-state index < -0.39 is 0 Å². The first-order valence-corrected chi connectivity index (χ1v) is 8.08. The molecule has 0 aliphatic carbocycles. The van der Waals surface area contributed by atoms with E-state index in [-0.39, 0.29) is 5.91 Å². The highest BCUT2D eigenvalue weighted by Gasteiger charge is 2.11. The molecule has 6 heteroatoms. The van der Waals surface area contributed by atoms with Crippen molar-refractivity contribution in [2.45, 2.75) is 26.7 Å². The summed E-state index contributed by atoms with van der Waals surface area (Å²) >= 11 is 0. The smallest absolute Gasteiger partial charge is 0.226 e. The predicted molar refractivity (Wildman–Crippen MR) is 96.7 cm³/mol. The molecule has 124 valence electrons. The van der Waals surface area contributed by atoms with E-state index in [0.29, 0.717) is 6.42 Å². The average Bonchev–Trinajstić information content (AvgIpc) is 3.05. The number of H-pyrrole nitrogens is 1. The van der Waals surface area contributed by atoms with E-state index in [0.717, 1.165) is 34.6 Å². The van der Waals surface area contributed by atoms with Crippen LogP contribution in [0, 0.1) is 0 Å². The number of hydrogen-bond donors (Lipinski definition) is 2. The standard InChI is InChI=1S/C18H21N5O/c1-4-12-10-19-17-16(12)18(21-11-20-17)22-13-6-8-14(9-7-13)23(3)15(24)5-2/h6-11H,4-5H2,1-3H3,(H2,19,20,21,22). The summed E-state index contributed by atoms with van der Waals surface area (Å²) in [5.41, 5.74) is 3.79. The molecule has 1 amide bonds. The van der Waals surface area contributed by atoms with E-state index in [9.17, 15) is 4.79 Å². The Balaban J connectivity index is 1.87. The van der Waals surface area contributed by atoms with Crippen molar-refractivity contribution in [3.63, 3.8) is 0 Å². The van der Waals surface area contributed by atoms with Gasteiger partial charge >= 0.3 is 0 Å². The third-order valence-corrected chi connectivity index (χ3v) is 4.13. The summed E-state index contributed by atoms with van der Waals surface area (Å²) in [6.07, 6.45) is 4.91. The van der Waals surface area contributed by atoms with Crippen molar-refractivity contribution in [2.24, 2.45) is 0 Å². The van der Waals surface area contributed by atoms with Crippen LogP contribution in [0.5, 0.6) is 0 Å². The SMILES string of the molecule is CCC(=O)N(C)c1ccc(Nc2ncnc3[nH]cc(CC)c23)cc1. The third-order valence-electron chi connectivity index (χ3n) is 4.13. The van der Waals surface area contributed by atoms with Gasteiger partial charge in [-0.1, -0.05) is 13.8 Å². The van der Waals surface area contributed by atoms with Crippen molar-refractivity contribution >= 4 is 34.1 Å². The number of fused-ring (bicyclic) bond motifs is 1. The minimum absolute atomic E-state index is 0.0909. The lowest BCUT2D eigenvalue weighted by molar-refractivity contribution is -0.118. The zero-order valence-electron chi connectivity index (χ0n) is 14.1. The van der Waals surface area contributed by atoms with Crippen LogP contribution in [0.3, 0.4) is 0 Å². The van der Waals surface area contributed by atoms with E-state index >= 15 is 0 Å². The topological polar surface area (TPSA) is 73.9 Å². The molecule has 0 radical (unpaired) electrons. The minimum atomic E-state index is 0.0909. The molecular weight excluding hydrogens is 302 g/mol. The van der Waals surface area contributed by atoms with Gasteiger partial charge in [-0.05, 0) is 36.2 Å². The molecule has 0 saturated carbocycles. The van der Waals surface area contributed by atoms with Crippen LogP contribution in [0.25, 0.3) is 11.0 Å². The van der Waals surface area contributed by atoms with Gasteiger partial charge in [-0.15, -0.1) is 0 Å². The van der Waals surface area contributed by atoms with Crippen LogP contribution >= 0.6 is 0 Å². The molecule has 0 bridgehead atoms. The highest BCUT2D eigenvalue weighted by atomic mass is 16.2. The van der Waals surface area contributed by atoms with Gasteiger partial charge in [0.15, 0.2) is 0 Å². The molecule has 3 rings (SSSR count). The number of hydrogen-bond acceptors (Lipinski definition) is 4. The maximum absolute atomic E-state index is 11.8. The van der Waals surface area contributed by atoms with Crippen LogP contribution in [-0.4, -0.2) is 27.9 Å². The maximum Gasteiger partial charge on any atom is 0.226 e. The number of carbonyl (C=O) groups is 1. The number of aryl methyl sites for hydroxylation is 1. The van der Waals surface area contributed by atoms with E-state index in [1.165, 1.54) is 5.56 Å². The maximum atomic E-state index is 11.8. The summed E-state index contributed by atoms with van der Waals surface area (Å²) < 4.78 is 0. The molecule has 2 heterocycles. The Kier molecular flexibility index (Phi) is 4.46. The quantitative estimate of drug-likeness (QED) is 0.752. The monoisotopic (exact) mass is 323 g/mol. The molecule has 2 N–H and O–H groups in total. The minimum Gasteiger partial charge on any atom is -0.346 e. The molecular formula is C18H21N5O. The average molecular weight is 323 g/mol. The molecule has 0 unspecified atom stereocenters. The van der Waals surface area contributed by atoms with Crippen LogP contribution in [0.4, 0.5) is 17.2 Å².